The van der Waals surface area contributed by atoms with E-state index in [9.17, 15) is 13.2 Å². The van der Waals surface area contributed by atoms with E-state index < -0.39 is 16.1 Å². The van der Waals surface area contributed by atoms with Crippen molar-refractivity contribution < 1.29 is 13.2 Å². The Bertz CT molecular complexity index is 645. The summed E-state index contributed by atoms with van der Waals surface area (Å²) in [5, 5.41) is 2.65. The number of rotatable bonds is 9. The Labute approximate surface area is 150 Å². The molecule has 1 rings (SSSR count). The summed E-state index contributed by atoms with van der Waals surface area (Å²) in [6, 6.07) is 5.68. The number of carbonyl (C=O) groups is 1. The highest BCUT2D eigenvalue weighted by Crippen LogP contribution is 2.12. The SMILES string of the molecule is C=C(Br)CNC(=O)C(CCSC)NS(=O)(=O)c1ccc(C)cc1. The number of thioether (sulfide) groups is 1. The minimum Gasteiger partial charge on any atom is -0.350 e. The predicted octanol–water partition coefficient (Wildman–Crippen LogP) is 2.42. The van der Waals surface area contributed by atoms with Gasteiger partial charge >= 0.3 is 0 Å². The second kappa shape index (κ2) is 9.46. The molecule has 8 heteroatoms. The lowest BCUT2D eigenvalue weighted by atomic mass is 10.2. The van der Waals surface area contributed by atoms with Gasteiger partial charge in [-0.15, -0.1) is 0 Å². The van der Waals surface area contributed by atoms with Crippen LogP contribution in [0.25, 0.3) is 0 Å². The van der Waals surface area contributed by atoms with E-state index >= 15 is 0 Å². The van der Waals surface area contributed by atoms with Crippen LogP contribution >= 0.6 is 27.7 Å². The summed E-state index contributed by atoms with van der Waals surface area (Å²) in [6.07, 6.45) is 2.32. The van der Waals surface area contributed by atoms with Crippen molar-refractivity contribution >= 4 is 43.6 Å². The van der Waals surface area contributed by atoms with Gasteiger partial charge in [0.25, 0.3) is 0 Å². The zero-order valence-corrected chi connectivity index (χ0v) is 16.4. The molecule has 1 amide bonds. The van der Waals surface area contributed by atoms with Crippen molar-refractivity contribution in [3.63, 3.8) is 0 Å². The molecule has 1 aromatic rings. The van der Waals surface area contributed by atoms with Crippen LogP contribution in [0.2, 0.25) is 0 Å². The molecule has 0 fully saturated rings. The average molecular weight is 421 g/mol. The van der Waals surface area contributed by atoms with Crippen LogP contribution in [0.5, 0.6) is 0 Å². The number of halogens is 1. The second-order valence-corrected chi connectivity index (χ2v) is 8.82. The van der Waals surface area contributed by atoms with E-state index in [1.165, 1.54) is 12.1 Å². The number of nitrogens with one attached hydrogen (secondary N) is 2. The highest BCUT2D eigenvalue weighted by atomic mass is 79.9. The average Bonchev–Trinajstić information content (AvgIpc) is 2.49. The molecule has 1 aromatic carbocycles. The van der Waals surface area contributed by atoms with E-state index in [2.05, 4.69) is 32.5 Å². The van der Waals surface area contributed by atoms with E-state index in [0.717, 1.165) is 5.56 Å². The topological polar surface area (TPSA) is 75.3 Å². The first-order valence-corrected chi connectivity index (χ1v) is 10.6. The van der Waals surface area contributed by atoms with E-state index in [4.69, 9.17) is 0 Å². The first kappa shape index (κ1) is 20.2. The Morgan fingerprint density at radius 1 is 1.35 bits per heavy atom. The summed E-state index contributed by atoms with van der Waals surface area (Å²) < 4.78 is 28.0. The summed E-state index contributed by atoms with van der Waals surface area (Å²) >= 11 is 4.71. The molecule has 0 bridgehead atoms. The lowest BCUT2D eigenvalue weighted by Gasteiger charge is -2.18. The predicted molar refractivity (Wildman–Crippen MR) is 99.4 cm³/mol. The summed E-state index contributed by atoms with van der Waals surface area (Å²) in [6.45, 7) is 5.77. The zero-order valence-electron chi connectivity index (χ0n) is 13.1. The minimum atomic E-state index is -3.74. The molecule has 2 N–H and O–H groups in total. The van der Waals surface area contributed by atoms with Gasteiger partial charge in [-0.1, -0.05) is 40.2 Å². The van der Waals surface area contributed by atoms with Gasteiger partial charge in [-0.25, -0.2) is 8.42 Å². The summed E-state index contributed by atoms with van der Waals surface area (Å²) in [5.41, 5.74) is 0.969. The molecule has 0 spiro atoms. The number of sulfonamides is 1. The molecule has 0 saturated heterocycles. The number of aryl methyl sites for hydroxylation is 1. The highest BCUT2D eigenvalue weighted by molar-refractivity contribution is 9.11. The fourth-order valence-corrected chi connectivity index (χ4v) is 3.60. The smallest absolute Gasteiger partial charge is 0.241 e. The molecule has 0 aliphatic heterocycles. The van der Waals surface area contributed by atoms with Crippen molar-refractivity contribution in [3.8, 4) is 0 Å². The van der Waals surface area contributed by atoms with Crippen LogP contribution in [-0.2, 0) is 14.8 Å². The van der Waals surface area contributed by atoms with Gasteiger partial charge in [-0.2, -0.15) is 16.5 Å². The third-order valence-electron chi connectivity index (χ3n) is 3.01. The molecule has 23 heavy (non-hydrogen) atoms. The maximum Gasteiger partial charge on any atom is 0.241 e. The van der Waals surface area contributed by atoms with Crippen LogP contribution in [0, 0.1) is 6.92 Å². The number of amides is 1. The molecular formula is C15H21BrN2O3S2. The van der Waals surface area contributed by atoms with E-state index in [-0.39, 0.29) is 17.3 Å². The summed E-state index contributed by atoms with van der Waals surface area (Å²) in [5.74, 6) is 0.305. The number of hydrogen-bond donors (Lipinski definition) is 2. The van der Waals surface area contributed by atoms with Gasteiger partial charge in [-0.3, -0.25) is 4.79 Å². The Hall–Kier alpha value is -0.830. The van der Waals surface area contributed by atoms with E-state index in [1.807, 2.05) is 13.2 Å². The van der Waals surface area contributed by atoms with Gasteiger partial charge in [0, 0.05) is 11.0 Å². The molecule has 0 aromatic heterocycles. The molecule has 1 unspecified atom stereocenters. The number of carbonyl (C=O) groups excluding carboxylic acids is 1. The van der Waals surface area contributed by atoms with Gasteiger partial charge in [0.05, 0.1) is 4.90 Å². The van der Waals surface area contributed by atoms with Gasteiger partial charge in [0.1, 0.15) is 6.04 Å². The quantitative estimate of drug-likeness (QED) is 0.642. The molecule has 128 valence electrons. The van der Waals surface area contributed by atoms with Crippen LogP contribution in [0.4, 0.5) is 0 Å². The number of hydrogen-bond acceptors (Lipinski definition) is 4. The largest absolute Gasteiger partial charge is 0.350 e. The van der Waals surface area contributed by atoms with Gasteiger partial charge < -0.3 is 5.32 Å². The molecule has 0 aliphatic carbocycles. The van der Waals surface area contributed by atoms with Crippen LogP contribution in [0.3, 0.4) is 0 Å². The van der Waals surface area contributed by atoms with Gasteiger partial charge in [0.15, 0.2) is 0 Å². The normalized spacial score (nSPS) is 12.7. The maximum atomic E-state index is 12.4. The standard InChI is InChI=1S/C15H21BrN2O3S2/c1-11-4-6-13(7-5-11)23(20,21)18-14(8-9-22-3)15(19)17-10-12(2)16/h4-7,14,18H,2,8-10H2,1,3H3,(H,17,19). The maximum absolute atomic E-state index is 12.4. The highest BCUT2D eigenvalue weighted by Gasteiger charge is 2.25. The summed E-state index contributed by atoms with van der Waals surface area (Å²) in [4.78, 5) is 12.4. The van der Waals surface area contributed by atoms with Gasteiger partial charge in [-0.05, 0) is 37.5 Å². The first-order chi connectivity index (χ1) is 10.8. The van der Waals surface area contributed by atoms with Crippen LogP contribution in [0.15, 0.2) is 40.2 Å². The van der Waals surface area contributed by atoms with Crippen LogP contribution in [-0.4, -0.2) is 38.9 Å². The lowest BCUT2D eigenvalue weighted by molar-refractivity contribution is -0.122. The van der Waals surface area contributed by atoms with Crippen molar-refractivity contribution in [2.24, 2.45) is 0 Å². The molecule has 0 heterocycles. The monoisotopic (exact) mass is 420 g/mol. The van der Waals surface area contributed by atoms with E-state index in [0.29, 0.717) is 16.7 Å². The molecule has 5 nitrogen and oxygen atoms in total. The Morgan fingerprint density at radius 2 is 1.96 bits per heavy atom. The third kappa shape index (κ3) is 7.07. The Morgan fingerprint density at radius 3 is 2.48 bits per heavy atom. The van der Waals surface area contributed by atoms with Crippen molar-refractivity contribution in [2.75, 3.05) is 18.6 Å². The molecular weight excluding hydrogens is 400 g/mol. The minimum absolute atomic E-state index is 0.148. The van der Waals surface area contributed by atoms with Gasteiger partial charge in [0.2, 0.25) is 15.9 Å². The molecule has 0 saturated carbocycles. The molecule has 1 atom stereocenters. The first-order valence-electron chi connectivity index (χ1n) is 6.95. The van der Waals surface area contributed by atoms with Crippen LogP contribution in [0.1, 0.15) is 12.0 Å². The lowest BCUT2D eigenvalue weighted by Crippen LogP contribution is -2.47. The fraction of sp³-hybridized carbons (Fsp3) is 0.400. The van der Waals surface area contributed by atoms with Crippen molar-refractivity contribution in [1.29, 1.82) is 0 Å². The van der Waals surface area contributed by atoms with Crippen molar-refractivity contribution in [2.45, 2.75) is 24.3 Å². The summed E-state index contributed by atoms with van der Waals surface area (Å²) in [7, 11) is -3.74. The fourth-order valence-electron chi connectivity index (χ4n) is 1.76. The van der Waals surface area contributed by atoms with Crippen molar-refractivity contribution in [1.82, 2.24) is 10.0 Å². The van der Waals surface area contributed by atoms with Crippen molar-refractivity contribution in [3.05, 3.63) is 40.9 Å². The second-order valence-electron chi connectivity index (χ2n) is 5.00. The van der Waals surface area contributed by atoms with Crippen LogP contribution < -0.4 is 10.0 Å². The Kier molecular flexibility index (Phi) is 8.32. The zero-order chi connectivity index (χ0) is 17.5. The van der Waals surface area contributed by atoms with E-state index in [1.54, 1.807) is 23.9 Å². The Balaban J connectivity index is 2.88. The third-order valence-corrected chi connectivity index (χ3v) is 5.42. The molecule has 0 radical (unpaired) electrons. The molecule has 0 aliphatic rings. The number of benzene rings is 1.